The van der Waals surface area contributed by atoms with Gasteiger partial charge in [0.25, 0.3) is 5.91 Å². The van der Waals surface area contributed by atoms with Crippen LogP contribution in [0.5, 0.6) is 5.75 Å². The number of hydrogen-bond acceptors (Lipinski definition) is 3. The summed E-state index contributed by atoms with van der Waals surface area (Å²) in [7, 11) is 1.64. The molecule has 25 heavy (non-hydrogen) atoms. The standard InChI is InChI=1S/C20H22N2O2S/c1-14-11-18(15(2)22(14)13-17-8-6-10-25-17)20(23)21-12-16-7-4-5-9-19(16)24-3/h4-11H,12-13H2,1-3H3,(H,21,23). The summed E-state index contributed by atoms with van der Waals surface area (Å²) in [5.41, 5.74) is 3.77. The zero-order chi connectivity index (χ0) is 17.8. The van der Waals surface area contributed by atoms with Crippen molar-refractivity contribution in [2.24, 2.45) is 0 Å². The van der Waals surface area contributed by atoms with Gasteiger partial charge in [0.15, 0.2) is 0 Å². The average Bonchev–Trinajstić information content (AvgIpc) is 3.23. The zero-order valence-electron chi connectivity index (χ0n) is 14.7. The second-order valence-electron chi connectivity index (χ2n) is 5.94. The summed E-state index contributed by atoms with van der Waals surface area (Å²) in [5.74, 6) is 0.724. The lowest BCUT2D eigenvalue weighted by atomic mass is 10.2. The van der Waals surface area contributed by atoms with Gasteiger partial charge in [0, 0.05) is 28.4 Å². The highest BCUT2D eigenvalue weighted by molar-refractivity contribution is 7.09. The maximum Gasteiger partial charge on any atom is 0.253 e. The van der Waals surface area contributed by atoms with E-state index in [1.807, 2.05) is 44.2 Å². The Kier molecular flexibility index (Phi) is 5.24. The number of hydrogen-bond donors (Lipinski definition) is 1. The topological polar surface area (TPSA) is 43.3 Å². The van der Waals surface area contributed by atoms with Crippen molar-refractivity contribution in [2.45, 2.75) is 26.9 Å². The first kappa shape index (κ1) is 17.3. The SMILES string of the molecule is COc1ccccc1CNC(=O)c1cc(C)n(Cc2cccs2)c1C. The molecule has 1 aromatic carbocycles. The second-order valence-corrected chi connectivity index (χ2v) is 6.98. The lowest BCUT2D eigenvalue weighted by molar-refractivity contribution is 0.0950. The van der Waals surface area contributed by atoms with Gasteiger partial charge in [-0.15, -0.1) is 11.3 Å². The van der Waals surface area contributed by atoms with Gasteiger partial charge in [0.2, 0.25) is 0 Å². The molecule has 0 saturated carbocycles. The predicted molar refractivity (Wildman–Crippen MR) is 101 cm³/mol. The molecule has 2 aromatic heterocycles. The Balaban J connectivity index is 1.74. The van der Waals surface area contributed by atoms with Crippen molar-refractivity contribution in [1.29, 1.82) is 0 Å². The van der Waals surface area contributed by atoms with Crippen LogP contribution in [-0.4, -0.2) is 17.6 Å². The number of nitrogens with zero attached hydrogens (tertiary/aromatic N) is 1. The normalized spacial score (nSPS) is 10.7. The van der Waals surface area contributed by atoms with Gasteiger partial charge >= 0.3 is 0 Å². The van der Waals surface area contributed by atoms with Crippen LogP contribution in [-0.2, 0) is 13.1 Å². The highest BCUT2D eigenvalue weighted by atomic mass is 32.1. The Morgan fingerprint density at radius 1 is 1.20 bits per heavy atom. The van der Waals surface area contributed by atoms with Gasteiger partial charge in [-0.2, -0.15) is 0 Å². The largest absolute Gasteiger partial charge is 0.496 e. The molecule has 0 saturated heterocycles. The van der Waals surface area contributed by atoms with Gasteiger partial charge in [0.1, 0.15) is 5.75 Å². The van der Waals surface area contributed by atoms with E-state index in [1.54, 1.807) is 18.4 Å². The number of aryl methyl sites for hydroxylation is 1. The van der Waals surface area contributed by atoms with Crippen LogP contribution in [0.1, 0.15) is 32.2 Å². The van der Waals surface area contributed by atoms with Gasteiger partial charge in [0.05, 0.1) is 19.2 Å². The number of rotatable bonds is 6. The molecule has 130 valence electrons. The molecule has 0 radical (unpaired) electrons. The fourth-order valence-electron chi connectivity index (χ4n) is 2.95. The Morgan fingerprint density at radius 2 is 2.00 bits per heavy atom. The summed E-state index contributed by atoms with van der Waals surface area (Å²) in [6.45, 7) is 5.28. The van der Waals surface area contributed by atoms with E-state index in [0.717, 1.165) is 34.8 Å². The molecule has 0 aliphatic heterocycles. The van der Waals surface area contributed by atoms with E-state index in [2.05, 4.69) is 27.4 Å². The lowest BCUT2D eigenvalue weighted by Crippen LogP contribution is -2.23. The average molecular weight is 354 g/mol. The quantitative estimate of drug-likeness (QED) is 0.722. The molecule has 0 aliphatic carbocycles. The summed E-state index contributed by atoms with van der Waals surface area (Å²) >= 11 is 1.73. The molecule has 5 heteroatoms. The molecule has 0 unspecified atom stereocenters. The Morgan fingerprint density at radius 3 is 2.72 bits per heavy atom. The summed E-state index contributed by atoms with van der Waals surface area (Å²) in [6, 6.07) is 13.8. The number of amides is 1. The van der Waals surface area contributed by atoms with Crippen LogP contribution >= 0.6 is 11.3 Å². The highest BCUT2D eigenvalue weighted by Gasteiger charge is 2.16. The van der Waals surface area contributed by atoms with E-state index < -0.39 is 0 Å². The molecule has 0 bridgehead atoms. The number of methoxy groups -OCH3 is 1. The Labute approximate surface area is 152 Å². The highest BCUT2D eigenvalue weighted by Crippen LogP contribution is 2.20. The van der Waals surface area contributed by atoms with Crippen LogP contribution in [0.4, 0.5) is 0 Å². The molecular weight excluding hydrogens is 332 g/mol. The molecule has 1 amide bonds. The summed E-state index contributed by atoms with van der Waals surface area (Å²) in [4.78, 5) is 13.9. The van der Waals surface area contributed by atoms with Crippen molar-refractivity contribution in [3.8, 4) is 5.75 Å². The number of benzene rings is 1. The number of carbonyl (C=O) groups excluding carboxylic acids is 1. The van der Waals surface area contributed by atoms with E-state index in [-0.39, 0.29) is 5.91 Å². The fourth-order valence-corrected chi connectivity index (χ4v) is 3.65. The van der Waals surface area contributed by atoms with Gasteiger partial charge in [-0.1, -0.05) is 24.3 Å². The summed E-state index contributed by atoms with van der Waals surface area (Å²) in [6.07, 6.45) is 0. The van der Waals surface area contributed by atoms with Gasteiger partial charge in [-0.3, -0.25) is 4.79 Å². The van der Waals surface area contributed by atoms with Gasteiger partial charge in [-0.05, 0) is 37.4 Å². The third-order valence-corrected chi connectivity index (χ3v) is 5.21. The van der Waals surface area contributed by atoms with Crippen molar-refractivity contribution < 1.29 is 9.53 Å². The van der Waals surface area contributed by atoms with Crippen molar-refractivity contribution in [1.82, 2.24) is 9.88 Å². The van der Waals surface area contributed by atoms with Crippen LogP contribution < -0.4 is 10.1 Å². The first-order valence-corrected chi connectivity index (χ1v) is 9.07. The number of ether oxygens (including phenoxy) is 1. The van der Waals surface area contributed by atoms with Crippen molar-refractivity contribution in [3.63, 3.8) is 0 Å². The van der Waals surface area contributed by atoms with Crippen LogP contribution in [0.15, 0.2) is 47.8 Å². The van der Waals surface area contributed by atoms with E-state index >= 15 is 0 Å². The van der Waals surface area contributed by atoms with Crippen molar-refractivity contribution in [3.05, 3.63) is 75.2 Å². The predicted octanol–water partition coefficient (Wildman–Crippen LogP) is 4.15. The number of thiophene rings is 1. The molecule has 0 fully saturated rings. The maximum atomic E-state index is 12.6. The minimum Gasteiger partial charge on any atom is -0.496 e. The number of para-hydroxylation sites is 1. The molecule has 1 N–H and O–H groups in total. The zero-order valence-corrected chi connectivity index (χ0v) is 15.5. The molecule has 3 aromatic rings. The Hall–Kier alpha value is -2.53. The third-order valence-electron chi connectivity index (χ3n) is 4.34. The molecule has 3 rings (SSSR count). The van der Waals surface area contributed by atoms with Crippen LogP contribution in [0.25, 0.3) is 0 Å². The summed E-state index contributed by atoms with van der Waals surface area (Å²) in [5, 5.41) is 5.07. The van der Waals surface area contributed by atoms with E-state index in [0.29, 0.717) is 6.54 Å². The second kappa shape index (κ2) is 7.57. The van der Waals surface area contributed by atoms with Gasteiger partial charge < -0.3 is 14.6 Å². The molecule has 0 spiro atoms. The first-order chi connectivity index (χ1) is 12.1. The number of carbonyl (C=O) groups is 1. The van der Waals surface area contributed by atoms with Crippen molar-refractivity contribution in [2.75, 3.05) is 7.11 Å². The van der Waals surface area contributed by atoms with E-state index in [1.165, 1.54) is 4.88 Å². The smallest absolute Gasteiger partial charge is 0.253 e. The van der Waals surface area contributed by atoms with Gasteiger partial charge in [-0.25, -0.2) is 0 Å². The lowest BCUT2D eigenvalue weighted by Gasteiger charge is -2.10. The molecule has 0 aliphatic rings. The maximum absolute atomic E-state index is 12.6. The molecule has 4 nitrogen and oxygen atoms in total. The minimum absolute atomic E-state index is 0.0589. The number of nitrogens with one attached hydrogen (secondary N) is 1. The molecule has 2 heterocycles. The van der Waals surface area contributed by atoms with Crippen LogP contribution in [0, 0.1) is 13.8 Å². The summed E-state index contributed by atoms with van der Waals surface area (Å²) < 4.78 is 7.52. The molecule has 0 atom stereocenters. The monoisotopic (exact) mass is 354 g/mol. The van der Waals surface area contributed by atoms with Crippen LogP contribution in [0.3, 0.4) is 0 Å². The van der Waals surface area contributed by atoms with E-state index in [9.17, 15) is 4.79 Å². The minimum atomic E-state index is -0.0589. The fraction of sp³-hybridized carbons (Fsp3) is 0.250. The van der Waals surface area contributed by atoms with Crippen LogP contribution in [0.2, 0.25) is 0 Å². The van der Waals surface area contributed by atoms with E-state index in [4.69, 9.17) is 4.74 Å². The Bertz CT molecular complexity index is 866. The number of aromatic nitrogens is 1. The first-order valence-electron chi connectivity index (χ1n) is 8.19. The van der Waals surface area contributed by atoms with Crippen molar-refractivity contribution >= 4 is 17.2 Å². The molecular formula is C20H22N2O2S. The third kappa shape index (κ3) is 3.77.